The van der Waals surface area contributed by atoms with Crippen LogP contribution in [0.15, 0.2) is 0 Å². The fourth-order valence-electron chi connectivity index (χ4n) is 1.75. The summed E-state index contributed by atoms with van der Waals surface area (Å²) >= 11 is 1.86. The highest BCUT2D eigenvalue weighted by molar-refractivity contribution is 8.00. The van der Waals surface area contributed by atoms with Gasteiger partial charge in [-0.25, -0.2) is 9.59 Å². The minimum atomic E-state index is -1.42. The molecule has 2 amide bonds. The number of carbonyl (C=O) groups is 2. The molecule has 18 heavy (non-hydrogen) atoms. The van der Waals surface area contributed by atoms with Crippen molar-refractivity contribution >= 4 is 23.8 Å². The molecule has 6 nitrogen and oxygen atoms in total. The van der Waals surface area contributed by atoms with Gasteiger partial charge >= 0.3 is 12.0 Å². The molecule has 0 aliphatic carbocycles. The molecule has 0 spiro atoms. The average Bonchev–Trinajstić information content (AvgIpc) is 2.74. The summed E-state index contributed by atoms with van der Waals surface area (Å²) in [6.07, 6.45) is 0.855. The Hall–Kier alpha value is -0.950. The zero-order chi connectivity index (χ0) is 13.6. The van der Waals surface area contributed by atoms with Crippen LogP contribution in [0.25, 0.3) is 0 Å². The standard InChI is InChI=1S/C11H20N2O4S/c1-11(4-2-6-18-11)7-13-10(17)12-5-3-8(14)9(15)16/h8,14H,2-7H2,1H3,(H,15,16)(H2,12,13,17). The van der Waals surface area contributed by atoms with Crippen LogP contribution in [0, 0.1) is 0 Å². The van der Waals surface area contributed by atoms with Gasteiger partial charge in [0, 0.05) is 24.3 Å². The molecule has 0 aromatic carbocycles. The maximum absolute atomic E-state index is 11.4. The van der Waals surface area contributed by atoms with E-state index in [0.29, 0.717) is 6.54 Å². The number of hydrogen-bond acceptors (Lipinski definition) is 4. The van der Waals surface area contributed by atoms with E-state index in [2.05, 4.69) is 17.6 Å². The molecule has 1 saturated heterocycles. The molecule has 4 N–H and O–H groups in total. The topological polar surface area (TPSA) is 98.7 Å². The van der Waals surface area contributed by atoms with Gasteiger partial charge < -0.3 is 20.8 Å². The van der Waals surface area contributed by atoms with Crippen LogP contribution >= 0.6 is 11.8 Å². The second-order valence-electron chi connectivity index (χ2n) is 4.65. The highest BCUT2D eigenvalue weighted by Gasteiger charge is 2.29. The molecule has 1 aliphatic rings. The number of carboxylic acids is 1. The predicted octanol–water partition coefficient (Wildman–Crippen LogP) is 0.407. The highest BCUT2D eigenvalue weighted by Crippen LogP contribution is 2.36. The number of aliphatic hydroxyl groups excluding tert-OH is 1. The van der Waals surface area contributed by atoms with E-state index in [9.17, 15) is 9.59 Å². The number of thioether (sulfide) groups is 1. The molecule has 1 fully saturated rings. The Morgan fingerprint density at radius 3 is 2.72 bits per heavy atom. The first kappa shape index (κ1) is 15.1. The maximum Gasteiger partial charge on any atom is 0.332 e. The third kappa shape index (κ3) is 5.14. The van der Waals surface area contributed by atoms with Gasteiger partial charge in [0.15, 0.2) is 6.10 Å². The first-order valence-electron chi connectivity index (χ1n) is 5.99. The van der Waals surface area contributed by atoms with Crippen LogP contribution < -0.4 is 10.6 Å². The van der Waals surface area contributed by atoms with E-state index >= 15 is 0 Å². The molecule has 2 unspecified atom stereocenters. The maximum atomic E-state index is 11.4. The molecule has 1 rings (SSSR count). The third-order valence-corrected chi connectivity index (χ3v) is 4.45. The molecule has 0 aromatic heterocycles. The van der Waals surface area contributed by atoms with Crippen LogP contribution in [0.4, 0.5) is 4.79 Å². The van der Waals surface area contributed by atoms with Crippen molar-refractivity contribution in [3.8, 4) is 0 Å². The van der Waals surface area contributed by atoms with Gasteiger partial charge in [0.05, 0.1) is 0 Å². The van der Waals surface area contributed by atoms with Gasteiger partial charge in [0.25, 0.3) is 0 Å². The van der Waals surface area contributed by atoms with Gasteiger partial charge in [-0.15, -0.1) is 0 Å². The summed E-state index contributed by atoms with van der Waals surface area (Å²) in [5, 5.41) is 22.8. The Kier molecular flexibility index (Phi) is 5.74. The molecule has 0 aromatic rings. The number of carboxylic acid groups (broad SMARTS) is 1. The summed E-state index contributed by atoms with van der Waals surface area (Å²) in [6, 6.07) is -0.318. The summed E-state index contributed by atoms with van der Waals surface area (Å²) in [7, 11) is 0. The number of nitrogens with one attached hydrogen (secondary N) is 2. The molecule has 1 aliphatic heterocycles. The lowest BCUT2D eigenvalue weighted by Gasteiger charge is -2.22. The second-order valence-corrected chi connectivity index (χ2v) is 6.34. The lowest BCUT2D eigenvalue weighted by Crippen LogP contribution is -2.43. The Balaban J connectivity index is 2.12. The highest BCUT2D eigenvalue weighted by atomic mass is 32.2. The van der Waals surface area contributed by atoms with Gasteiger partial charge in [-0.2, -0.15) is 11.8 Å². The molecule has 0 radical (unpaired) electrons. The predicted molar refractivity (Wildman–Crippen MR) is 69.8 cm³/mol. The number of aliphatic carboxylic acids is 1. The zero-order valence-electron chi connectivity index (χ0n) is 10.4. The summed E-state index contributed by atoms with van der Waals surface area (Å²) < 4.78 is 0.109. The second kappa shape index (κ2) is 6.84. The third-order valence-electron chi connectivity index (χ3n) is 2.91. The fourth-order valence-corrected chi connectivity index (χ4v) is 3.00. The van der Waals surface area contributed by atoms with E-state index in [4.69, 9.17) is 10.2 Å². The molecule has 7 heteroatoms. The van der Waals surface area contributed by atoms with E-state index in [-0.39, 0.29) is 23.7 Å². The van der Waals surface area contributed by atoms with Crippen LogP contribution in [0.2, 0.25) is 0 Å². The molecular formula is C11H20N2O4S. The molecule has 0 bridgehead atoms. The van der Waals surface area contributed by atoms with Crippen LogP contribution in [0.1, 0.15) is 26.2 Å². The summed E-state index contributed by atoms with van der Waals surface area (Å²) in [5.41, 5.74) is 0. The van der Waals surface area contributed by atoms with E-state index in [1.807, 2.05) is 11.8 Å². The average molecular weight is 276 g/mol. The van der Waals surface area contributed by atoms with Crippen molar-refractivity contribution in [2.24, 2.45) is 0 Å². The summed E-state index contributed by atoms with van der Waals surface area (Å²) in [6.45, 7) is 2.87. The molecule has 2 atom stereocenters. The van der Waals surface area contributed by atoms with Crippen molar-refractivity contribution in [1.82, 2.24) is 10.6 Å². The van der Waals surface area contributed by atoms with Crippen LogP contribution in [0.5, 0.6) is 0 Å². The smallest absolute Gasteiger partial charge is 0.332 e. The first-order valence-corrected chi connectivity index (χ1v) is 6.98. The quantitative estimate of drug-likeness (QED) is 0.563. The normalized spacial score (nSPS) is 24.6. The molecule has 104 valence electrons. The Labute approximate surface area is 111 Å². The lowest BCUT2D eigenvalue weighted by atomic mass is 10.1. The SMILES string of the molecule is CC1(CNC(=O)NCCC(O)C(=O)O)CCCS1. The van der Waals surface area contributed by atoms with Gasteiger partial charge in [0.1, 0.15) is 0 Å². The van der Waals surface area contributed by atoms with Crippen molar-refractivity contribution in [3.05, 3.63) is 0 Å². The monoisotopic (exact) mass is 276 g/mol. The van der Waals surface area contributed by atoms with Crippen LogP contribution in [-0.2, 0) is 4.79 Å². The van der Waals surface area contributed by atoms with Crippen molar-refractivity contribution in [2.75, 3.05) is 18.8 Å². The largest absolute Gasteiger partial charge is 0.479 e. The minimum Gasteiger partial charge on any atom is -0.479 e. The van der Waals surface area contributed by atoms with E-state index < -0.39 is 12.1 Å². The minimum absolute atomic E-state index is 0.00870. The Morgan fingerprint density at radius 2 is 2.17 bits per heavy atom. The van der Waals surface area contributed by atoms with E-state index in [0.717, 1.165) is 12.2 Å². The van der Waals surface area contributed by atoms with Crippen molar-refractivity contribution < 1.29 is 19.8 Å². The Bertz CT molecular complexity index is 305. The number of carbonyl (C=O) groups excluding carboxylic acids is 1. The number of hydrogen-bond donors (Lipinski definition) is 4. The summed E-state index contributed by atoms with van der Waals surface area (Å²) in [4.78, 5) is 21.8. The number of rotatable bonds is 6. The number of urea groups is 1. The van der Waals surface area contributed by atoms with Crippen LogP contribution in [-0.4, -0.2) is 51.9 Å². The van der Waals surface area contributed by atoms with Gasteiger partial charge in [-0.05, 0) is 25.5 Å². The molecule has 1 heterocycles. The van der Waals surface area contributed by atoms with E-state index in [1.54, 1.807) is 0 Å². The van der Waals surface area contributed by atoms with Crippen LogP contribution in [0.3, 0.4) is 0 Å². The molecule has 0 saturated carbocycles. The van der Waals surface area contributed by atoms with Crippen molar-refractivity contribution in [2.45, 2.75) is 37.0 Å². The fraction of sp³-hybridized carbons (Fsp3) is 0.818. The Morgan fingerprint density at radius 1 is 1.44 bits per heavy atom. The van der Waals surface area contributed by atoms with Gasteiger partial charge in [0.2, 0.25) is 0 Å². The first-order chi connectivity index (χ1) is 8.43. The van der Waals surface area contributed by atoms with E-state index in [1.165, 1.54) is 6.42 Å². The van der Waals surface area contributed by atoms with Crippen molar-refractivity contribution in [3.63, 3.8) is 0 Å². The van der Waals surface area contributed by atoms with Gasteiger partial charge in [-0.3, -0.25) is 0 Å². The molecular weight excluding hydrogens is 256 g/mol. The van der Waals surface area contributed by atoms with Crippen molar-refractivity contribution in [1.29, 1.82) is 0 Å². The number of amides is 2. The summed E-state index contributed by atoms with van der Waals surface area (Å²) in [5.74, 6) is -0.142. The lowest BCUT2D eigenvalue weighted by molar-refractivity contribution is -0.146. The zero-order valence-corrected chi connectivity index (χ0v) is 11.3. The number of aliphatic hydroxyl groups is 1. The van der Waals surface area contributed by atoms with Gasteiger partial charge in [-0.1, -0.05) is 0 Å².